The summed E-state index contributed by atoms with van der Waals surface area (Å²) in [6, 6.07) is 7.36. The van der Waals surface area contributed by atoms with Crippen molar-refractivity contribution >= 4 is 23.4 Å². The molecule has 1 heterocycles. The third-order valence-corrected chi connectivity index (χ3v) is 5.86. The molecule has 3 amide bonds. The molecule has 1 saturated carbocycles. The standard InChI is InChI=1S/C22H27N3O5/c1-29-20(30-2)14-24(21(27)16-6-4-3-5-7-16)18-12-19(26)25(22(18)28)17-10-8-15(13-23)9-11-17/h8-11,16,18,20H,3-7,12,14H2,1-2H3. The van der Waals surface area contributed by atoms with E-state index in [-0.39, 0.29) is 30.7 Å². The minimum atomic E-state index is -0.893. The summed E-state index contributed by atoms with van der Waals surface area (Å²) in [5.74, 6) is -1.09. The molecule has 8 heteroatoms. The summed E-state index contributed by atoms with van der Waals surface area (Å²) in [6.07, 6.45) is 3.87. The lowest BCUT2D eigenvalue weighted by molar-refractivity contribution is -0.156. The number of anilines is 1. The number of hydrogen-bond acceptors (Lipinski definition) is 6. The fraction of sp³-hybridized carbons (Fsp3) is 0.545. The monoisotopic (exact) mass is 413 g/mol. The fourth-order valence-corrected chi connectivity index (χ4v) is 4.18. The van der Waals surface area contributed by atoms with Gasteiger partial charge in [-0.15, -0.1) is 0 Å². The van der Waals surface area contributed by atoms with Crippen LogP contribution in [0.25, 0.3) is 0 Å². The van der Waals surface area contributed by atoms with Gasteiger partial charge in [-0.1, -0.05) is 19.3 Å². The zero-order valence-corrected chi connectivity index (χ0v) is 17.4. The Labute approximate surface area is 176 Å². The molecule has 1 saturated heterocycles. The zero-order chi connectivity index (χ0) is 21.7. The van der Waals surface area contributed by atoms with Crippen LogP contribution in [0.15, 0.2) is 24.3 Å². The second-order valence-corrected chi connectivity index (χ2v) is 7.67. The van der Waals surface area contributed by atoms with Crippen LogP contribution in [0.2, 0.25) is 0 Å². The molecule has 1 atom stereocenters. The summed E-state index contributed by atoms with van der Waals surface area (Å²) in [7, 11) is 2.95. The highest BCUT2D eigenvalue weighted by Crippen LogP contribution is 2.30. The fourth-order valence-electron chi connectivity index (χ4n) is 4.18. The van der Waals surface area contributed by atoms with Gasteiger partial charge < -0.3 is 14.4 Å². The van der Waals surface area contributed by atoms with E-state index in [0.717, 1.165) is 37.0 Å². The Balaban J connectivity index is 1.86. The quantitative estimate of drug-likeness (QED) is 0.502. The molecule has 2 fully saturated rings. The minimum Gasteiger partial charge on any atom is -0.354 e. The Hall–Kier alpha value is -2.76. The van der Waals surface area contributed by atoms with E-state index < -0.39 is 18.2 Å². The minimum absolute atomic E-state index is 0.0766. The van der Waals surface area contributed by atoms with E-state index in [4.69, 9.17) is 14.7 Å². The Morgan fingerprint density at radius 2 is 1.80 bits per heavy atom. The predicted octanol–water partition coefficient (Wildman–Crippen LogP) is 2.22. The lowest BCUT2D eigenvalue weighted by Crippen LogP contribution is -2.51. The maximum atomic E-state index is 13.3. The molecule has 0 aromatic heterocycles. The van der Waals surface area contributed by atoms with Crippen molar-refractivity contribution in [3.05, 3.63) is 29.8 Å². The summed E-state index contributed by atoms with van der Waals surface area (Å²) >= 11 is 0. The van der Waals surface area contributed by atoms with Gasteiger partial charge in [0.15, 0.2) is 6.29 Å². The van der Waals surface area contributed by atoms with Crippen molar-refractivity contribution in [2.24, 2.45) is 5.92 Å². The van der Waals surface area contributed by atoms with Crippen LogP contribution in [0, 0.1) is 17.2 Å². The van der Waals surface area contributed by atoms with E-state index in [1.54, 1.807) is 24.3 Å². The van der Waals surface area contributed by atoms with Crippen LogP contribution in [0.5, 0.6) is 0 Å². The number of amides is 3. The number of nitriles is 1. The third-order valence-electron chi connectivity index (χ3n) is 5.86. The highest BCUT2D eigenvalue weighted by molar-refractivity contribution is 6.23. The normalized spacial score (nSPS) is 19.9. The number of carbonyl (C=O) groups is 3. The van der Waals surface area contributed by atoms with Crippen molar-refractivity contribution in [1.82, 2.24) is 4.90 Å². The molecule has 1 aromatic carbocycles. The number of nitrogens with zero attached hydrogens (tertiary/aromatic N) is 3. The molecule has 0 bridgehead atoms. The van der Waals surface area contributed by atoms with Gasteiger partial charge in [0.25, 0.3) is 5.91 Å². The molecule has 1 unspecified atom stereocenters. The van der Waals surface area contributed by atoms with Crippen LogP contribution in [0.4, 0.5) is 5.69 Å². The average molecular weight is 413 g/mol. The first-order chi connectivity index (χ1) is 14.5. The van der Waals surface area contributed by atoms with E-state index in [2.05, 4.69) is 0 Å². The Morgan fingerprint density at radius 3 is 2.37 bits per heavy atom. The van der Waals surface area contributed by atoms with Crippen LogP contribution in [-0.2, 0) is 23.9 Å². The van der Waals surface area contributed by atoms with Gasteiger partial charge in [0.1, 0.15) is 6.04 Å². The van der Waals surface area contributed by atoms with Crippen molar-refractivity contribution in [1.29, 1.82) is 5.26 Å². The van der Waals surface area contributed by atoms with E-state index in [1.807, 2.05) is 6.07 Å². The first-order valence-electron chi connectivity index (χ1n) is 10.2. The van der Waals surface area contributed by atoms with Gasteiger partial charge in [0.05, 0.1) is 30.3 Å². The summed E-state index contributed by atoms with van der Waals surface area (Å²) in [4.78, 5) is 41.8. The highest BCUT2D eigenvalue weighted by atomic mass is 16.7. The predicted molar refractivity (Wildman–Crippen MR) is 108 cm³/mol. The molecule has 1 aromatic rings. The van der Waals surface area contributed by atoms with E-state index in [9.17, 15) is 14.4 Å². The van der Waals surface area contributed by atoms with Crippen molar-refractivity contribution in [3.63, 3.8) is 0 Å². The van der Waals surface area contributed by atoms with E-state index >= 15 is 0 Å². The molecule has 2 aliphatic rings. The van der Waals surface area contributed by atoms with Gasteiger partial charge in [-0.2, -0.15) is 5.26 Å². The van der Waals surface area contributed by atoms with Crippen LogP contribution in [0.1, 0.15) is 44.1 Å². The second kappa shape index (κ2) is 9.83. The van der Waals surface area contributed by atoms with Gasteiger partial charge in [0, 0.05) is 20.1 Å². The van der Waals surface area contributed by atoms with Crippen LogP contribution in [-0.4, -0.2) is 55.7 Å². The maximum absolute atomic E-state index is 13.3. The highest BCUT2D eigenvalue weighted by Gasteiger charge is 2.46. The lowest BCUT2D eigenvalue weighted by atomic mass is 9.88. The van der Waals surface area contributed by atoms with Gasteiger partial charge in [-0.3, -0.25) is 14.4 Å². The largest absolute Gasteiger partial charge is 0.354 e. The van der Waals surface area contributed by atoms with Crippen molar-refractivity contribution in [3.8, 4) is 6.07 Å². The smallest absolute Gasteiger partial charge is 0.257 e. The summed E-state index contributed by atoms with van der Waals surface area (Å²) < 4.78 is 10.5. The SMILES string of the molecule is COC(CN(C(=O)C1CCCCC1)C1CC(=O)N(c2ccc(C#N)cc2)C1=O)OC. The number of hydrogen-bond donors (Lipinski definition) is 0. The molecule has 30 heavy (non-hydrogen) atoms. The van der Waals surface area contributed by atoms with Crippen LogP contribution in [0.3, 0.4) is 0 Å². The number of carbonyl (C=O) groups excluding carboxylic acids is 3. The van der Waals surface area contributed by atoms with Crippen LogP contribution >= 0.6 is 0 Å². The summed E-state index contributed by atoms with van der Waals surface area (Å²) in [5, 5.41) is 8.96. The van der Waals surface area contributed by atoms with Gasteiger partial charge in [-0.25, -0.2) is 4.90 Å². The molecule has 1 aliphatic carbocycles. The Morgan fingerprint density at radius 1 is 1.17 bits per heavy atom. The maximum Gasteiger partial charge on any atom is 0.257 e. The summed E-state index contributed by atoms with van der Waals surface area (Å²) in [5.41, 5.74) is 0.832. The number of methoxy groups -OCH3 is 2. The molecular formula is C22H27N3O5. The molecule has 0 radical (unpaired) electrons. The molecule has 3 rings (SSSR count). The van der Waals surface area contributed by atoms with Crippen molar-refractivity contribution < 1.29 is 23.9 Å². The number of benzene rings is 1. The lowest BCUT2D eigenvalue weighted by Gasteiger charge is -2.34. The van der Waals surface area contributed by atoms with Gasteiger partial charge in [0.2, 0.25) is 11.8 Å². The number of ether oxygens (including phenoxy) is 2. The third kappa shape index (κ3) is 4.53. The van der Waals surface area contributed by atoms with Crippen LogP contribution < -0.4 is 4.90 Å². The second-order valence-electron chi connectivity index (χ2n) is 7.67. The van der Waals surface area contributed by atoms with Gasteiger partial charge in [-0.05, 0) is 37.1 Å². The number of imide groups is 1. The van der Waals surface area contributed by atoms with E-state index in [1.165, 1.54) is 19.1 Å². The molecule has 0 spiro atoms. The van der Waals surface area contributed by atoms with Crippen molar-refractivity contribution in [2.45, 2.75) is 50.9 Å². The molecule has 8 nitrogen and oxygen atoms in total. The number of rotatable bonds is 7. The molecule has 1 aliphatic heterocycles. The first kappa shape index (κ1) is 21.9. The Kier molecular flexibility index (Phi) is 7.19. The summed E-state index contributed by atoms with van der Waals surface area (Å²) in [6.45, 7) is 0.0766. The molecule has 0 N–H and O–H groups in total. The Bertz CT molecular complexity index is 822. The van der Waals surface area contributed by atoms with E-state index in [0.29, 0.717) is 11.3 Å². The van der Waals surface area contributed by atoms with Gasteiger partial charge >= 0.3 is 0 Å². The molecular weight excluding hydrogens is 386 g/mol. The zero-order valence-electron chi connectivity index (χ0n) is 17.4. The first-order valence-corrected chi connectivity index (χ1v) is 10.2. The molecule has 160 valence electrons. The van der Waals surface area contributed by atoms with Crippen molar-refractivity contribution in [2.75, 3.05) is 25.7 Å². The average Bonchev–Trinajstić information content (AvgIpc) is 3.08. The topological polar surface area (TPSA) is 99.9 Å².